The zero-order valence-electron chi connectivity index (χ0n) is 21.1. The second-order valence-electron chi connectivity index (χ2n) is 10.9. The van der Waals surface area contributed by atoms with Crippen molar-refractivity contribution in [3.05, 3.63) is 65.2 Å². The maximum absolute atomic E-state index is 13.2. The van der Waals surface area contributed by atoms with Gasteiger partial charge in [0, 0.05) is 42.2 Å². The fraction of sp³-hybridized carbons (Fsp3) is 0.517. The van der Waals surface area contributed by atoms with Crippen LogP contribution in [0.15, 0.2) is 48.5 Å². The Balaban J connectivity index is 1.50. The first-order chi connectivity index (χ1) is 16.7. The number of hydrogen-bond donors (Lipinski definition) is 4. The zero-order valence-corrected chi connectivity index (χ0v) is 21.1. The lowest BCUT2D eigenvalue weighted by Crippen LogP contribution is -2.49. The van der Waals surface area contributed by atoms with Gasteiger partial charge in [0.15, 0.2) is 5.78 Å². The second-order valence-corrected chi connectivity index (χ2v) is 10.9. The summed E-state index contributed by atoms with van der Waals surface area (Å²) in [7, 11) is 0. The van der Waals surface area contributed by atoms with E-state index in [0.717, 1.165) is 22.4 Å². The number of amides is 1. The monoisotopic (exact) mass is 477 g/mol. The smallest absolute Gasteiger partial charge is 0.217 e. The molecule has 1 saturated carbocycles. The SMILES string of the molecule is CC(=O)N[C@@H](Cc1ccccc1)[C@H](O)CN[C@@H]1CC(C)(C)C(=O)c2ccc(NC3CCCC3)cc21. The maximum Gasteiger partial charge on any atom is 0.217 e. The van der Waals surface area contributed by atoms with Crippen LogP contribution in [-0.4, -0.2) is 41.5 Å². The lowest BCUT2D eigenvalue weighted by atomic mass is 9.70. The van der Waals surface area contributed by atoms with Gasteiger partial charge in [-0.3, -0.25) is 9.59 Å². The van der Waals surface area contributed by atoms with Crippen LogP contribution in [0.1, 0.15) is 80.4 Å². The number of anilines is 1. The molecule has 0 aliphatic heterocycles. The van der Waals surface area contributed by atoms with Crippen LogP contribution in [0.4, 0.5) is 5.69 Å². The predicted octanol–water partition coefficient (Wildman–Crippen LogP) is 4.39. The molecule has 35 heavy (non-hydrogen) atoms. The van der Waals surface area contributed by atoms with Crippen molar-refractivity contribution in [2.45, 2.75) is 83.5 Å². The molecule has 4 rings (SSSR count). The molecule has 0 aromatic heterocycles. The van der Waals surface area contributed by atoms with E-state index in [1.54, 1.807) is 0 Å². The molecule has 2 aromatic carbocycles. The van der Waals surface area contributed by atoms with E-state index in [2.05, 4.69) is 22.0 Å². The van der Waals surface area contributed by atoms with Crippen LogP contribution >= 0.6 is 0 Å². The van der Waals surface area contributed by atoms with Crippen LogP contribution in [0.3, 0.4) is 0 Å². The minimum Gasteiger partial charge on any atom is -0.390 e. The van der Waals surface area contributed by atoms with Crippen molar-refractivity contribution in [3.8, 4) is 0 Å². The number of aliphatic hydroxyl groups is 1. The maximum atomic E-state index is 13.2. The summed E-state index contributed by atoms with van der Waals surface area (Å²) in [5.74, 6) is 0.000988. The summed E-state index contributed by atoms with van der Waals surface area (Å²) in [6.07, 6.45) is 5.31. The third-order valence-electron chi connectivity index (χ3n) is 7.45. The number of aliphatic hydroxyl groups excluding tert-OH is 1. The van der Waals surface area contributed by atoms with Gasteiger partial charge in [-0.05, 0) is 55.0 Å². The molecular formula is C29H39N3O3. The molecule has 2 aromatic rings. The van der Waals surface area contributed by atoms with Crippen molar-refractivity contribution < 1.29 is 14.7 Å². The summed E-state index contributed by atoms with van der Waals surface area (Å²) in [4.78, 5) is 25.0. The van der Waals surface area contributed by atoms with Crippen molar-refractivity contribution in [1.29, 1.82) is 0 Å². The first-order valence-electron chi connectivity index (χ1n) is 12.9. The molecule has 0 radical (unpaired) electrons. The molecule has 6 nitrogen and oxygen atoms in total. The number of fused-ring (bicyclic) bond motifs is 1. The Kier molecular flexibility index (Phi) is 7.92. The molecule has 2 aliphatic rings. The van der Waals surface area contributed by atoms with Crippen LogP contribution in [0.25, 0.3) is 0 Å². The normalized spacial score (nSPS) is 21.3. The molecule has 0 heterocycles. The number of Topliss-reactive ketones (excluding diaryl/α,β-unsaturated/α-hetero) is 1. The van der Waals surface area contributed by atoms with Gasteiger partial charge in [-0.25, -0.2) is 0 Å². The third-order valence-corrected chi connectivity index (χ3v) is 7.45. The molecule has 0 unspecified atom stereocenters. The van der Waals surface area contributed by atoms with Crippen molar-refractivity contribution in [3.63, 3.8) is 0 Å². The number of carbonyl (C=O) groups is 2. The van der Waals surface area contributed by atoms with Crippen LogP contribution in [-0.2, 0) is 11.2 Å². The molecule has 4 N–H and O–H groups in total. The van der Waals surface area contributed by atoms with Gasteiger partial charge < -0.3 is 21.1 Å². The van der Waals surface area contributed by atoms with Crippen molar-refractivity contribution >= 4 is 17.4 Å². The van der Waals surface area contributed by atoms with E-state index in [9.17, 15) is 14.7 Å². The van der Waals surface area contributed by atoms with Crippen LogP contribution in [0.5, 0.6) is 0 Å². The molecule has 0 spiro atoms. The largest absolute Gasteiger partial charge is 0.390 e. The second kappa shape index (κ2) is 10.9. The van der Waals surface area contributed by atoms with Crippen molar-refractivity contribution in [2.24, 2.45) is 5.41 Å². The highest BCUT2D eigenvalue weighted by Gasteiger charge is 2.39. The average molecular weight is 478 g/mol. The highest BCUT2D eigenvalue weighted by Crippen LogP contribution is 2.41. The minimum atomic E-state index is -0.775. The van der Waals surface area contributed by atoms with E-state index < -0.39 is 17.6 Å². The molecule has 1 amide bonds. The van der Waals surface area contributed by atoms with Crippen molar-refractivity contribution in [1.82, 2.24) is 10.6 Å². The summed E-state index contributed by atoms with van der Waals surface area (Å²) in [5, 5.41) is 21.2. The van der Waals surface area contributed by atoms with E-state index in [1.165, 1.54) is 32.6 Å². The molecular weight excluding hydrogens is 438 g/mol. The molecule has 3 atom stereocenters. The first kappa shape index (κ1) is 25.4. The Hall–Kier alpha value is -2.70. The molecule has 6 heteroatoms. The Morgan fingerprint density at radius 2 is 1.83 bits per heavy atom. The number of nitrogens with one attached hydrogen (secondary N) is 3. The molecule has 1 fully saturated rings. The molecule has 188 valence electrons. The third kappa shape index (κ3) is 6.30. The summed E-state index contributed by atoms with van der Waals surface area (Å²) in [6.45, 7) is 5.77. The summed E-state index contributed by atoms with van der Waals surface area (Å²) < 4.78 is 0. The molecule has 0 bridgehead atoms. The number of ketones is 1. The Bertz CT molecular complexity index is 1030. The quantitative estimate of drug-likeness (QED) is 0.430. The Morgan fingerprint density at radius 3 is 2.51 bits per heavy atom. The van der Waals surface area contributed by atoms with Gasteiger partial charge in [0.2, 0.25) is 5.91 Å². The predicted molar refractivity (Wildman–Crippen MR) is 140 cm³/mol. The standard InChI is InChI=1S/C29H39N3O3/c1-19(33)31-25(15-20-9-5-4-6-10-20)27(34)18-30-26-17-29(2,3)28(35)23-14-13-22(16-24(23)26)32-21-11-7-8-12-21/h4-6,9-10,13-14,16,21,25-27,30,32,34H,7-8,11-12,15,17-18H2,1-3H3,(H,31,33)/t25-,26+,27+/m0/s1. The van der Waals surface area contributed by atoms with E-state index in [1.807, 2.05) is 56.3 Å². The van der Waals surface area contributed by atoms with Crippen LogP contribution in [0.2, 0.25) is 0 Å². The van der Waals surface area contributed by atoms with Crippen LogP contribution < -0.4 is 16.0 Å². The number of carbonyl (C=O) groups excluding carboxylic acids is 2. The highest BCUT2D eigenvalue weighted by atomic mass is 16.3. The molecule has 0 saturated heterocycles. The molecule has 2 aliphatic carbocycles. The van der Waals surface area contributed by atoms with Gasteiger partial charge >= 0.3 is 0 Å². The highest BCUT2D eigenvalue weighted by molar-refractivity contribution is 6.03. The van der Waals surface area contributed by atoms with Gasteiger partial charge in [-0.15, -0.1) is 0 Å². The fourth-order valence-electron chi connectivity index (χ4n) is 5.53. The van der Waals surface area contributed by atoms with E-state index in [-0.39, 0.29) is 17.7 Å². The number of rotatable bonds is 9. The van der Waals surface area contributed by atoms with E-state index in [4.69, 9.17) is 0 Å². The number of hydrogen-bond acceptors (Lipinski definition) is 5. The minimum absolute atomic E-state index is 0.0626. The number of benzene rings is 2. The summed E-state index contributed by atoms with van der Waals surface area (Å²) >= 11 is 0. The van der Waals surface area contributed by atoms with Gasteiger partial charge in [-0.1, -0.05) is 57.0 Å². The zero-order chi connectivity index (χ0) is 25.0. The van der Waals surface area contributed by atoms with Gasteiger partial charge in [-0.2, -0.15) is 0 Å². The lowest BCUT2D eigenvalue weighted by Gasteiger charge is -2.37. The fourth-order valence-corrected chi connectivity index (χ4v) is 5.53. The van der Waals surface area contributed by atoms with Gasteiger partial charge in [0.25, 0.3) is 0 Å². The lowest BCUT2D eigenvalue weighted by molar-refractivity contribution is -0.120. The topological polar surface area (TPSA) is 90.5 Å². The Morgan fingerprint density at radius 1 is 1.11 bits per heavy atom. The van der Waals surface area contributed by atoms with Gasteiger partial charge in [0.05, 0.1) is 12.1 Å². The van der Waals surface area contributed by atoms with E-state index in [0.29, 0.717) is 25.4 Å². The van der Waals surface area contributed by atoms with Crippen LogP contribution in [0, 0.1) is 5.41 Å². The van der Waals surface area contributed by atoms with Gasteiger partial charge in [0.1, 0.15) is 0 Å². The summed E-state index contributed by atoms with van der Waals surface area (Å²) in [6, 6.07) is 16.0. The first-order valence-corrected chi connectivity index (χ1v) is 12.9. The van der Waals surface area contributed by atoms with Crippen molar-refractivity contribution in [2.75, 3.05) is 11.9 Å². The van der Waals surface area contributed by atoms with E-state index >= 15 is 0 Å². The summed E-state index contributed by atoms with van der Waals surface area (Å²) in [5.41, 5.74) is 3.37. The Labute approximate surface area is 208 Å². The average Bonchev–Trinajstić information content (AvgIpc) is 3.33.